The molecule has 0 radical (unpaired) electrons. The second kappa shape index (κ2) is 6.52. The van der Waals surface area contributed by atoms with Gasteiger partial charge in [-0.05, 0) is 66.8 Å². The SMILES string of the molecule is O=C(COc1ccc2c(c1)CCC2)Nc1ccc(C(=O)O)cc1. The van der Waals surface area contributed by atoms with Crippen LogP contribution in [-0.2, 0) is 17.6 Å². The highest BCUT2D eigenvalue weighted by molar-refractivity contribution is 5.93. The molecule has 0 atom stereocenters. The number of carboxylic acids is 1. The number of rotatable bonds is 5. The van der Waals surface area contributed by atoms with Crippen LogP contribution in [0.15, 0.2) is 42.5 Å². The number of carbonyl (C=O) groups is 2. The van der Waals surface area contributed by atoms with Crippen molar-refractivity contribution in [2.45, 2.75) is 19.3 Å². The standard InChI is InChI=1S/C18H17NO4/c20-17(19-15-7-4-13(5-8-15)18(21)22)11-23-16-9-6-12-2-1-3-14(12)10-16/h4-10H,1-3,11H2,(H,19,20)(H,21,22). The predicted molar refractivity (Wildman–Crippen MR) is 86.0 cm³/mol. The van der Waals surface area contributed by atoms with E-state index in [0.717, 1.165) is 12.8 Å². The fourth-order valence-electron chi connectivity index (χ4n) is 2.68. The molecule has 0 aliphatic heterocycles. The molecule has 1 aliphatic carbocycles. The van der Waals surface area contributed by atoms with Crippen molar-refractivity contribution in [3.63, 3.8) is 0 Å². The number of carbonyl (C=O) groups excluding carboxylic acids is 1. The second-order valence-electron chi connectivity index (χ2n) is 5.50. The predicted octanol–water partition coefficient (Wildman–Crippen LogP) is 2.89. The van der Waals surface area contributed by atoms with E-state index in [1.165, 1.54) is 29.7 Å². The molecule has 5 heteroatoms. The fourth-order valence-corrected chi connectivity index (χ4v) is 2.68. The molecule has 0 saturated heterocycles. The Morgan fingerprint density at radius 1 is 1.04 bits per heavy atom. The summed E-state index contributed by atoms with van der Waals surface area (Å²) in [4.78, 5) is 22.7. The van der Waals surface area contributed by atoms with E-state index in [-0.39, 0.29) is 18.1 Å². The van der Waals surface area contributed by atoms with Gasteiger partial charge in [-0.2, -0.15) is 0 Å². The molecule has 5 nitrogen and oxygen atoms in total. The van der Waals surface area contributed by atoms with Gasteiger partial charge in [-0.3, -0.25) is 4.79 Å². The van der Waals surface area contributed by atoms with Crippen LogP contribution in [0.3, 0.4) is 0 Å². The smallest absolute Gasteiger partial charge is 0.335 e. The molecule has 0 unspecified atom stereocenters. The van der Waals surface area contributed by atoms with Crippen LogP contribution >= 0.6 is 0 Å². The van der Waals surface area contributed by atoms with Crippen LogP contribution in [0.4, 0.5) is 5.69 Å². The normalized spacial score (nSPS) is 12.5. The number of carboxylic acid groups (broad SMARTS) is 1. The van der Waals surface area contributed by atoms with Crippen LogP contribution in [0.1, 0.15) is 27.9 Å². The van der Waals surface area contributed by atoms with Crippen molar-refractivity contribution in [1.82, 2.24) is 0 Å². The molecule has 0 saturated carbocycles. The van der Waals surface area contributed by atoms with Crippen LogP contribution in [0.2, 0.25) is 0 Å². The molecule has 0 spiro atoms. The summed E-state index contributed by atoms with van der Waals surface area (Å²) in [6.07, 6.45) is 3.35. The van der Waals surface area contributed by atoms with Crippen molar-refractivity contribution >= 4 is 17.6 Å². The van der Waals surface area contributed by atoms with Gasteiger partial charge in [0.2, 0.25) is 0 Å². The highest BCUT2D eigenvalue weighted by atomic mass is 16.5. The summed E-state index contributed by atoms with van der Waals surface area (Å²) in [5, 5.41) is 11.5. The van der Waals surface area contributed by atoms with E-state index >= 15 is 0 Å². The molecule has 0 aromatic heterocycles. The summed E-state index contributed by atoms with van der Waals surface area (Å²) in [5.74, 6) is -0.585. The number of benzene rings is 2. The lowest BCUT2D eigenvalue weighted by Gasteiger charge is -2.09. The minimum absolute atomic E-state index is 0.0839. The van der Waals surface area contributed by atoms with Crippen molar-refractivity contribution in [3.05, 3.63) is 59.2 Å². The minimum Gasteiger partial charge on any atom is -0.484 e. The van der Waals surface area contributed by atoms with Gasteiger partial charge in [0.1, 0.15) is 5.75 Å². The zero-order valence-corrected chi connectivity index (χ0v) is 12.5. The van der Waals surface area contributed by atoms with E-state index in [9.17, 15) is 9.59 Å². The van der Waals surface area contributed by atoms with Crippen molar-refractivity contribution in [3.8, 4) is 5.75 Å². The number of hydrogen-bond donors (Lipinski definition) is 2. The Hall–Kier alpha value is -2.82. The van der Waals surface area contributed by atoms with Crippen molar-refractivity contribution < 1.29 is 19.4 Å². The van der Waals surface area contributed by atoms with Crippen LogP contribution in [0.5, 0.6) is 5.75 Å². The first-order valence-corrected chi connectivity index (χ1v) is 7.49. The molecule has 0 fully saturated rings. The maximum absolute atomic E-state index is 11.9. The average Bonchev–Trinajstić information content (AvgIpc) is 3.01. The second-order valence-corrected chi connectivity index (χ2v) is 5.50. The first kappa shape index (κ1) is 15.1. The molecule has 2 aromatic carbocycles. The molecular formula is C18H17NO4. The summed E-state index contributed by atoms with van der Waals surface area (Å²) in [7, 11) is 0. The van der Waals surface area contributed by atoms with Crippen molar-refractivity contribution in [2.24, 2.45) is 0 Å². The van der Waals surface area contributed by atoms with Gasteiger partial charge in [0.25, 0.3) is 5.91 Å². The molecule has 118 valence electrons. The van der Waals surface area contributed by atoms with E-state index in [0.29, 0.717) is 11.4 Å². The third-order valence-electron chi connectivity index (χ3n) is 3.86. The van der Waals surface area contributed by atoms with Crippen LogP contribution in [0, 0.1) is 0 Å². The monoisotopic (exact) mass is 311 g/mol. The molecule has 0 heterocycles. The van der Waals surface area contributed by atoms with Crippen molar-refractivity contribution in [2.75, 3.05) is 11.9 Å². The summed E-state index contributed by atoms with van der Waals surface area (Å²) in [6, 6.07) is 11.9. The molecule has 2 N–H and O–H groups in total. The van der Waals surface area contributed by atoms with Gasteiger partial charge in [0.05, 0.1) is 5.56 Å². The highest BCUT2D eigenvalue weighted by Crippen LogP contribution is 2.26. The molecule has 1 aliphatic rings. The lowest BCUT2D eigenvalue weighted by atomic mass is 10.1. The maximum atomic E-state index is 11.9. The Labute approximate surface area is 133 Å². The highest BCUT2D eigenvalue weighted by Gasteiger charge is 2.12. The number of aryl methyl sites for hydroxylation is 2. The Morgan fingerprint density at radius 2 is 1.78 bits per heavy atom. The Kier molecular flexibility index (Phi) is 4.28. The molecule has 1 amide bonds. The van der Waals surface area contributed by atoms with Gasteiger partial charge >= 0.3 is 5.97 Å². The first-order valence-electron chi connectivity index (χ1n) is 7.49. The summed E-state index contributed by atoms with van der Waals surface area (Å²) in [5.41, 5.74) is 3.38. The van der Waals surface area contributed by atoms with E-state index < -0.39 is 5.97 Å². The summed E-state index contributed by atoms with van der Waals surface area (Å²) in [6.45, 7) is -0.0839. The molecular weight excluding hydrogens is 294 g/mol. The van der Waals surface area contributed by atoms with E-state index in [1.54, 1.807) is 12.1 Å². The van der Waals surface area contributed by atoms with Crippen LogP contribution < -0.4 is 10.1 Å². The van der Waals surface area contributed by atoms with Gasteiger partial charge < -0.3 is 15.2 Å². The third-order valence-corrected chi connectivity index (χ3v) is 3.86. The summed E-state index contributed by atoms with van der Waals surface area (Å²) >= 11 is 0. The Bertz CT molecular complexity index is 737. The number of anilines is 1. The Morgan fingerprint density at radius 3 is 2.52 bits per heavy atom. The topological polar surface area (TPSA) is 75.6 Å². The number of fused-ring (bicyclic) bond motifs is 1. The van der Waals surface area contributed by atoms with E-state index in [2.05, 4.69) is 11.4 Å². The lowest BCUT2D eigenvalue weighted by molar-refractivity contribution is -0.118. The number of aromatic carboxylic acids is 1. The average molecular weight is 311 g/mol. The van der Waals surface area contributed by atoms with Gasteiger partial charge in [0.15, 0.2) is 6.61 Å². The molecule has 0 bridgehead atoms. The summed E-state index contributed by atoms with van der Waals surface area (Å²) < 4.78 is 5.52. The Balaban J connectivity index is 1.54. The zero-order chi connectivity index (χ0) is 16.2. The zero-order valence-electron chi connectivity index (χ0n) is 12.5. The quantitative estimate of drug-likeness (QED) is 0.890. The molecule has 2 aromatic rings. The van der Waals surface area contributed by atoms with Crippen LogP contribution in [-0.4, -0.2) is 23.6 Å². The first-order chi connectivity index (χ1) is 11.1. The molecule has 23 heavy (non-hydrogen) atoms. The number of nitrogens with one attached hydrogen (secondary N) is 1. The van der Waals surface area contributed by atoms with E-state index in [4.69, 9.17) is 9.84 Å². The molecule has 3 rings (SSSR count). The van der Waals surface area contributed by atoms with Crippen LogP contribution in [0.25, 0.3) is 0 Å². The maximum Gasteiger partial charge on any atom is 0.335 e. The van der Waals surface area contributed by atoms with Crippen molar-refractivity contribution in [1.29, 1.82) is 0 Å². The minimum atomic E-state index is -0.997. The van der Waals surface area contributed by atoms with Gasteiger partial charge in [0, 0.05) is 5.69 Å². The largest absolute Gasteiger partial charge is 0.484 e. The number of ether oxygens (including phenoxy) is 1. The van der Waals surface area contributed by atoms with Gasteiger partial charge in [-0.1, -0.05) is 6.07 Å². The number of amides is 1. The number of hydrogen-bond acceptors (Lipinski definition) is 3. The van der Waals surface area contributed by atoms with E-state index in [1.807, 2.05) is 12.1 Å². The van der Waals surface area contributed by atoms with Gasteiger partial charge in [-0.15, -0.1) is 0 Å². The lowest BCUT2D eigenvalue weighted by Crippen LogP contribution is -2.20. The fraction of sp³-hybridized carbons (Fsp3) is 0.222. The third kappa shape index (κ3) is 3.69. The van der Waals surface area contributed by atoms with Gasteiger partial charge in [-0.25, -0.2) is 4.79 Å².